The maximum absolute atomic E-state index is 4.67. The summed E-state index contributed by atoms with van der Waals surface area (Å²) in [5, 5.41) is 3.43. The standard InChI is InChI=1S/C15H22N2/c1-13-6-8-14(9-7-13)10-12-17-15-5-3-2-4-11-16-15/h6-9H,2-5,10-12H2,1H3,(H,16,17). The number of hydrogen-bond acceptors (Lipinski definition) is 1. The molecule has 0 aromatic heterocycles. The summed E-state index contributed by atoms with van der Waals surface area (Å²) in [5.41, 5.74) is 2.71. The molecule has 1 fully saturated rings. The van der Waals surface area contributed by atoms with Crippen LogP contribution < -0.4 is 5.32 Å². The molecule has 0 radical (unpaired) electrons. The van der Waals surface area contributed by atoms with Crippen molar-refractivity contribution in [1.82, 2.24) is 5.32 Å². The van der Waals surface area contributed by atoms with Gasteiger partial charge in [-0.05, 0) is 31.7 Å². The Kier molecular flexibility index (Phi) is 4.60. The van der Waals surface area contributed by atoms with E-state index in [0.717, 1.165) is 25.9 Å². The molecule has 0 unspecified atom stereocenters. The van der Waals surface area contributed by atoms with Gasteiger partial charge in [-0.25, -0.2) is 0 Å². The van der Waals surface area contributed by atoms with E-state index >= 15 is 0 Å². The molecular weight excluding hydrogens is 208 g/mol. The maximum Gasteiger partial charge on any atom is 0.0963 e. The lowest BCUT2D eigenvalue weighted by Gasteiger charge is -2.05. The molecule has 92 valence electrons. The number of nitrogens with zero attached hydrogens (tertiary/aromatic N) is 1. The number of rotatable bonds is 3. The average Bonchev–Trinajstić information content (AvgIpc) is 2.60. The molecule has 1 aliphatic heterocycles. The van der Waals surface area contributed by atoms with Gasteiger partial charge in [0.15, 0.2) is 0 Å². The van der Waals surface area contributed by atoms with E-state index in [1.807, 2.05) is 0 Å². The summed E-state index contributed by atoms with van der Waals surface area (Å²) in [6, 6.07) is 8.75. The number of aryl methyl sites for hydroxylation is 1. The average molecular weight is 230 g/mol. The first-order valence-electron chi connectivity index (χ1n) is 6.67. The summed E-state index contributed by atoms with van der Waals surface area (Å²) in [6.07, 6.45) is 6.09. The molecule has 0 amide bonds. The molecular formula is C15H22N2. The van der Waals surface area contributed by atoms with Crippen molar-refractivity contribution in [3.63, 3.8) is 0 Å². The highest BCUT2D eigenvalue weighted by Gasteiger charge is 2.03. The summed E-state index contributed by atoms with van der Waals surface area (Å²) >= 11 is 0. The molecule has 17 heavy (non-hydrogen) atoms. The molecule has 1 N–H and O–H groups in total. The van der Waals surface area contributed by atoms with Gasteiger partial charge in [0.2, 0.25) is 0 Å². The van der Waals surface area contributed by atoms with Gasteiger partial charge in [-0.15, -0.1) is 0 Å². The smallest absolute Gasteiger partial charge is 0.0963 e. The first kappa shape index (κ1) is 12.2. The SMILES string of the molecule is Cc1ccc(CCN=C2CCCCCN2)cc1. The van der Waals surface area contributed by atoms with Crippen LogP contribution in [-0.4, -0.2) is 18.9 Å². The first-order chi connectivity index (χ1) is 8.34. The molecule has 1 aromatic carbocycles. The zero-order valence-corrected chi connectivity index (χ0v) is 10.7. The van der Waals surface area contributed by atoms with Crippen molar-refractivity contribution < 1.29 is 0 Å². The summed E-state index contributed by atoms with van der Waals surface area (Å²) in [6.45, 7) is 4.13. The number of benzene rings is 1. The largest absolute Gasteiger partial charge is 0.374 e. The highest BCUT2D eigenvalue weighted by atomic mass is 15.0. The van der Waals surface area contributed by atoms with E-state index in [2.05, 4.69) is 41.5 Å². The second kappa shape index (κ2) is 6.43. The van der Waals surface area contributed by atoms with Crippen molar-refractivity contribution in [2.24, 2.45) is 4.99 Å². The van der Waals surface area contributed by atoms with E-state index in [-0.39, 0.29) is 0 Å². The second-order valence-electron chi connectivity index (χ2n) is 4.80. The molecule has 1 aromatic rings. The van der Waals surface area contributed by atoms with E-state index in [0.29, 0.717) is 0 Å². The Balaban J connectivity index is 1.81. The minimum Gasteiger partial charge on any atom is -0.374 e. The molecule has 0 saturated carbocycles. The summed E-state index contributed by atoms with van der Waals surface area (Å²) < 4.78 is 0. The van der Waals surface area contributed by atoms with Crippen molar-refractivity contribution in [3.05, 3.63) is 35.4 Å². The fraction of sp³-hybridized carbons (Fsp3) is 0.533. The van der Waals surface area contributed by atoms with Gasteiger partial charge < -0.3 is 5.32 Å². The summed E-state index contributed by atoms with van der Waals surface area (Å²) in [5.74, 6) is 1.22. The van der Waals surface area contributed by atoms with Gasteiger partial charge in [-0.3, -0.25) is 4.99 Å². The van der Waals surface area contributed by atoms with Crippen LogP contribution in [0.2, 0.25) is 0 Å². The van der Waals surface area contributed by atoms with Crippen LogP contribution in [0.3, 0.4) is 0 Å². The summed E-state index contributed by atoms with van der Waals surface area (Å²) in [7, 11) is 0. The first-order valence-corrected chi connectivity index (χ1v) is 6.67. The highest BCUT2D eigenvalue weighted by Crippen LogP contribution is 2.06. The van der Waals surface area contributed by atoms with Crippen molar-refractivity contribution in [1.29, 1.82) is 0 Å². The zero-order valence-electron chi connectivity index (χ0n) is 10.7. The molecule has 1 saturated heterocycles. The van der Waals surface area contributed by atoms with Crippen molar-refractivity contribution in [3.8, 4) is 0 Å². The minimum atomic E-state index is 0.908. The Hall–Kier alpha value is -1.31. The topological polar surface area (TPSA) is 24.4 Å². The van der Waals surface area contributed by atoms with Crippen LogP contribution in [0.4, 0.5) is 0 Å². The molecule has 0 bridgehead atoms. The normalized spacial score (nSPS) is 18.8. The number of hydrogen-bond donors (Lipinski definition) is 1. The zero-order chi connectivity index (χ0) is 11.9. The second-order valence-corrected chi connectivity index (χ2v) is 4.80. The van der Waals surface area contributed by atoms with Crippen molar-refractivity contribution in [2.45, 2.75) is 39.0 Å². The maximum atomic E-state index is 4.67. The van der Waals surface area contributed by atoms with E-state index in [1.54, 1.807) is 0 Å². The lowest BCUT2D eigenvalue weighted by atomic mass is 10.1. The Labute approximate surface area is 104 Å². The highest BCUT2D eigenvalue weighted by molar-refractivity contribution is 5.82. The predicted molar refractivity (Wildman–Crippen MR) is 73.7 cm³/mol. The van der Waals surface area contributed by atoms with Gasteiger partial charge >= 0.3 is 0 Å². The summed E-state index contributed by atoms with van der Waals surface area (Å²) in [4.78, 5) is 4.67. The van der Waals surface area contributed by atoms with Gasteiger partial charge in [-0.2, -0.15) is 0 Å². The van der Waals surface area contributed by atoms with E-state index in [9.17, 15) is 0 Å². The third-order valence-electron chi connectivity index (χ3n) is 3.24. The van der Waals surface area contributed by atoms with E-state index in [4.69, 9.17) is 0 Å². The molecule has 0 spiro atoms. The lowest BCUT2D eigenvalue weighted by molar-refractivity contribution is 0.721. The number of nitrogens with one attached hydrogen (secondary N) is 1. The molecule has 2 heteroatoms. The Morgan fingerprint density at radius 2 is 1.94 bits per heavy atom. The molecule has 0 atom stereocenters. The van der Waals surface area contributed by atoms with Crippen LogP contribution in [0.1, 0.15) is 36.8 Å². The van der Waals surface area contributed by atoms with Gasteiger partial charge in [-0.1, -0.05) is 36.2 Å². The van der Waals surface area contributed by atoms with Crippen molar-refractivity contribution in [2.75, 3.05) is 13.1 Å². The third-order valence-corrected chi connectivity index (χ3v) is 3.24. The number of aliphatic imine (C=N–C) groups is 1. The van der Waals surface area contributed by atoms with Gasteiger partial charge in [0.1, 0.15) is 0 Å². The van der Waals surface area contributed by atoms with Crippen LogP contribution in [-0.2, 0) is 6.42 Å². The monoisotopic (exact) mass is 230 g/mol. The molecule has 2 rings (SSSR count). The quantitative estimate of drug-likeness (QED) is 0.847. The van der Waals surface area contributed by atoms with E-state index < -0.39 is 0 Å². The Bertz CT molecular complexity index is 355. The minimum absolute atomic E-state index is 0.908. The van der Waals surface area contributed by atoms with Gasteiger partial charge in [0.25, 0.3) is 0 Å². The van der Waals surface area contributed by atoms with Crippen molar-refractivity contribution >= 4 is 5.84 Å². The fourth-order valence-electron chi connectivity index (χ4n) is 2.12. The molecule has 1 heterocycles. The Morgan fingerprint density at radius 1 is 1.12 bits per heavy atom. The van der Waals surface area contributed by atoms with Crippen LogP contribution >= 0.6 is 0 Å². The number of amidine groups is 1. The fourth-order valence-corrected chi connectivity index (χ4v) is 2.12. The van der Waals surface area contributed by atoms with Crippen LogP contribution in [0.25, 0.3) is 0 Å². The van der Waals surface area contributed by atoms with Gasteiger partial charge in [0.05, 0.1) is 5.84 Å². The molecule has 1 aliphatic rings. The molecule has 0 aliphatic carbocycles. The van der Waals surface area contributed by atoms with E-state index in [1.165, 1.54) is 36.2 Å². The lowest BCUT2D eigenvalue weighted by Crippen LogP contribution is -2.22. The predicted octanol–water partition coefficient (Wildman–Crippen LogP) is 3.10. The van der Waals surface area contributed by atoms with Crippen LogP contribution in [0.15, 0.2) is 29.3 Å². The van der Waals surface area contributed by atoms with Gasteiger partial charge in [0, 0.05) is 19.5 Å². The third kappa shape index (κ3) is 4.22. The van der Waals surface area contributed by atoms with Crippen LogP contribution in [0.5, 0.6) is 0 Å². The molecule has 2 nitrogen and oxygen atoms in total. The van der Waals surface area contributed by atoms with Crippen LogP contribution in [0, 0.1) is 6.92 Å². The Morgan fingerprint density at radius 3 is 2.76 bits per heavy atom.